The molecule has 69 heavy (non-hydrogen) atoms. The van der Waals surface area contributed by atoms with Gasteiger partial charge in [0.15, 0.2) is 5.82 Å². The molecule has 18 nitrogen and oxygen atoms in total. The highest BCUT2D eigenvalue weighted by Gasteiger charge is 2.26. The summed E-state index contributed by atoms with van der Waals surface area (Å²) in [5, 5.41) is 54.5. The Morgan fingerprint density at radius 2 is 1.06 bits per heavy atom. The van der Waals surface area contributed by atoms with E-state index in [0.29, 0.717) is 27.9 Å². The highest BCUT2D eigenvalue weighted by molar-refractivity contribution is 6.16. The zero-order valence-corrected chi connectivity index (χ0v) is 47.4. The standard InChI is InChI=1S/C9H15NO.C8H14ClN3.C8H13F2N3.C8H15N3O.C8H15N3.C7H13N3/c1-6-8(9(3,4)5)7(2)11-10-6;1-6-10-11-7(5-9)12(6)8(2,3)4;1-5-6(8(2,3)4)12-13(11-5)7(9)10;1-6-9-10-7(5-12)11(6)8(2,3)4;1-6-7(8(2,3)4)11(5)10-9-6;1-5-6(7(2,3)4)9-10-8-5/h1-5H3;5H2,1-4H3;7H,1-4H3;12H,5H2,1-4H3;1-5H3;1-4H3,(H,8,9,10). The molecule has 390 valence electrons. The van der Waals surface area contributed by atoms with Crippen LogP contribution in [0.1, 0.15) is 206 Å². The number of aliphatic hydroxyl groups is 1. The van der Waals surface area contributed by atoms with Gasteiger partial charge in [-0.3, -0.25) is 4.68 Å². The molecule has 6 heterocycles. The monoisotopic (exact) mass is 991 g/mol. The third-order valence-corrected chi connectivity index (χ3v) is 10.2. The first-order valence-electron chi connectivity index (χ1n) is 23.0. The smallest absolute Gasteiger partial charge is 0.348 e. The van der Waals surface area contributed by atoms with Gasteiger partial charge in [-0.2, -0.15) is 34.4 Å². The first-order valence-corrected chi connectivity index (χ1v) is 23.6. The van der Waals surface area contributed by atoms with Crippen LogP contribution in [0.25, 0.3) is 0 Å². The van der Waals surface area contributed by atoms with Crippen molar-refractivity contribution in [1.29, 1.82) is 0 Å². The largest absolute Gasteiger partial charge is 0.388 e. The first-order chi connectivity index (χ1) is 31.1. The maximum atomic E-state index is 12.2. The number of hydrogen-bond acceptors (Lipinski definition) is 13. The lowest BCUT2D eigenvalue weighted by Crippen LogP contribution is -2.25. The lowest BCUT2D eigenvalue weighted by atomic mass is 9.86. The van der Waals surface area contributed by atoms with Crippen molar-refractivity contribution < 1.29 is 18.4 Å². The molecule has 0 spiro atoms. The summed E-state index contributed by atoms with van der Waals surface area (Å²) in [7, 11) is 1.93. The number of hydrogen-bond donors (Lipinski definition) is 2. The summed E-state index contributed by atoms with van der Waals surface area (Å²) in [4.78, 5) is 0.454. The number of nitrogens with one attached hydrogen (secondary N) is 1. The Labute approximate surface area is 415 Å². The van der Waals surface area contributed by atoms with Gasteiger partial charge in [0.1, 0.15) is 29.8 Å². The number of aliphatic hydroxyl groups excluding tert-OH is 1. The van der Waals surface area contributed by atoms with Crippen molar-refractivity contribution in [3.8, 4) is 0 Å². The van der Waals surface area contributed by atoms with Crippen LogP contribution in [0.5, 0.6) is 0 Å². The minimum atomic E-state index is -2.66. The van der Waals surface area contributed by atoms with Gasteiger partial charge in [-0.1, -0.05) is 93.5 Å². The number of alkyl halides is 3. The minimum absolute atomic E-state index is 0.0117. The zero-order valence-electron chi connectivity index (χ0n) is 46.7. The Kier molecular flexibility index (Phi) is 21.8. The van der Waals surface area contributed by atoms with Gasteiger partial charge >= 0.3 is 6.55 Å². The van der Waals surface area contributed by atoms with E-state index >= 15 is 0 Å². The van der Waals surface area contributed by atoms with Gasteiger partial charge in [0.05, 0.1) is 45.7 Å². The number of halogens is 3. The van der Waals surface area contributed by atoms with E-state index in [1.165, 1.54) is 11.3 Å². The molecule has 0 fully saturated rings. The van der Waals surface area contributed by atoms with Gasteiger partial charge in [-0.25, -0.2) is 0 Å². The van der Waals surface area contributed by atoms with E-state index in [4.69, 9.17) is 21.2 Å². The van der Waals surface area contributed by atoms with E-state index in [1.54, 1.807) is 6.92 Å². The summed E-state index contributed by atoms with van der Waals surface area (Å²) >= 11 is 5.73. The van der Waals surface area contributed by atoms with E-state index in [-0.39, 0.29) is 39.3 Å². The Hall–Kier alpha value is -4.98. The van der Waals surface area contributed by atoms with Crippen LogP contribution in [-0.2, 0) is 52.3 Å². The minimum Gasteiger partial charge on any atom is -0.388 e. The molecule has 0 aliphatic carbocycles. The van der Waals surface area contributed by atoms with Crippen LogP contribution in [0.4, 0.5) is 8.78 Å². The fourth-order valence-electron chi connectivity index (χ4n) is 7.96. The molecule has 2 N–H and O–H groups in total. The maximum absolute atomic E-state index is 12.2. The van der Waals surface area contributed by atoms with Gasteiger partial charge in [0, 0.05) is 39.9 Å². The van der Waals surface area contributed by atoms with Crippen molar-refractivity contribution >= 4 is 11.6 Å². The van der Waals surface area contributed by atoms with Crippen LogP contribution >= 0.6 is 11.6 Å². The highest BCUT2D eigenvalue weighted by Crippen LogP contribution is 2.28. The average Bonchev–Trinajstić information content (AvgIpc) is 4.03. The zero-order chi connectivity index (χ0) is 54.0. The van der Waals surface area contributed by atoms with Gasteiger partial charge in [-0.15, -0.1) is 41.9 Å². The molecule has 0 unspecified atom stereocenters. The van der Waals surface area contributed by atoms with Gasteiger partial charge in [0.2, 0.25) is 0 Å². The topological polar surface area (TPSA) is 211 Å². The predicted octanol–water partition coefficient (Wildman–Crippen LogP) is 10.6. The summed E-state index contributed by atoms with van der Waals surface area (Å²) in [6.45, 7) is 48.3. The average molecular weight is 992 g/mol. The quantitative estimate of drug-likeness (QED) is 0.158. The Morgan fingerprint density at radius 1 is 0.580 bits per heavy atom. The molecule has 21 heteroatoms. The second kappa shape index (κ2) is 24.2. The van der Waals surface area contributed by atoms with Gasteiger partial charge < -0.3 is 18.8 Å². The Balaban J connectivity index is 0.000000415. The van der Waals surface area contributed by atoms with Crippen LogP contribution in [0.3, 0.4) is 0 Å². The van der Waals surface area contributed by atoms with Crippen molar-refractivity contribution in [3.05, 3.63) is 74.5 Å². The molecule has 0 saturated heterocycles. The van der Waals surface area contributed by atoms with Crippen LogP contribution in [0.2, 0.25) is 0 Å². The third kappa shape index (κ3) is 18.4. The second-order valence-corrected chi connectivity index (χ2v) is 23.2. The van der Waals surface area contributed by atoms with Crippen LogP contribution in [-0.4, -0.2) is 85.2 Å². The van der Waals surface area contributed by atoms with E-state index in [0.717, 1.165) is 46.0 Å². The predicted molar refractivity (Wildman–Crippen MR) is 269 cm³/mol. The van der Waals surface area contributed by atoms with Crippen molar-refractivity contribution in [2.75, 3.05) is 0 Å². The second-order valence-electron chi connectivity index (χ2n) is 23.0. The Bertz CT molecular complexity index is 2310. The van der Waals surface area contributed by atoms with E-state index in [2.05, 4.69) is 170 Å². The summed E-state index contributed by atoms with van der Waals surface area (Å²) < 4.78 is 35.3. The van der Waals surface area contributed by atoms with Gasteiger partial charge in [-0.05, 0) is 95.4 Å². The molecule has 0 atom stereocenters. The van der Waals surface area contributed by atoms with Gasteiger partial charge in [0.25, 0.3) is 0 Å². The number of aromatic nitrogens is 16. The number of rotatable bonds is 3. The molecule has 0 aliphatic heterocycles. The third-order valence-electron chi connectivity index (χ3n) is 9.99. The first kappa shape index (κ1) is 62.0. The summed E-state index contributed by atoms with van der Waals surface area (Å²) in [6.07, 6.45) is 0. The Morgan fingerprint density at radius 3 is 1.28 bits per heavy atom. The molecule has 0 aromatic carbocycles. The fraction of sp³-hybridized carbons (Fsp3) is 0.729. The molecule has 0 bridgehead atoms. The molecular formula is C48H85ClF2N16O2. The van der Waals surface area contributed by atoms with Crippen molar-refractivity contribution in [1.82, 2.24) is 80.1 Å². The highest BCUT2D eigenvalue weighted by atomic mass is 35.5. The lowest BCUT2D eigenvalue weighted by molar-refractivity contribution is 0.0404. The maximum Gasteiger partial charge on any atom is 0.348 e. The molecule has 0 aliphatic rings. The van der Waals surface area contributed by atoms with Crippen LogP contribution < -0.4 is 0 Å². The van der Waals surface area contributed by atoms with E-state index < -0.39 is 6.55 Å². The molecule has 6 aromatic rings. The lowest BCUT2D eigenvalue weighted by Gasteiger charge is -2.23. The summed E-state index contributed by atoms with van der Waals surface area (Å²) in [5.74, 6) is 4.57. The molecule has 6 aromatic heterocycles. The number of nitrogens with zero attached hydrogens (tertiary/aromatic N) is 15. The number of aryl methyl sites for hydroxylation is 8. The summed E-state index contributed by atoms with van der Waals surface area (Å²) in [5.41, 5.74) is 7.81. The fourth-order valence-corrected chi connectivity index (χ4v) is 8.13. The molecule has 6 rings (SSSR count). The van der Waals surface area contributed by atoms with Crippen LogP contribution in [0.15, 0.2) is 4.52 Å². The summed E-state index contributed by atoms with van der Waals surface area (Å²) in [6, 6.07) is 0. The van der Waals surface area contributed by atoms with Crippen molar-refractivity contribution in [2.24, 2.45) is 7.05 Å². The SMILES string of the molecule is Cc1n[nH]nc1C(C)(C)C.Cc1nn(C(F)F)nc1C(C)(C)C.Cc1nnc(CCl)n1C(C)(C)C.Cc1nnc(CO)n1C(C)(C)C.Cc1nnn(C)c1C(C)(C)C.Cc1noc(C)c1C(C)(C)C. The normalized spacial score (nSPS) is 12.2. The van der Waals surface area contributed by atoms with Crippen LogP contribution in [0, 0.1) is 48.5 Å². The number of H-pyrrole nitrogens is 1. The van der Waals surface area contributed by atoms with Crippen molar-refractivity contribution in [2.45, 2.75) is 225 Å². The van der Waals surface area contributed by atoms with E-state index in [9.17, 15) is 8.78 Å². The number of aromatic amines is 1. The molecule has 0 radical (unpaired) electrons. The van der Waals surface area contributed by atoms with Crippen molar-refractivity contribution in [3.63, 3.8) is 0 Å². The molecule has 0 amide bonds. The molecular weight excluding hydrogens is 906 g/mol. The molecule has 0 saturated carbocycles. The van der Waals surface area contributed by atoms with E-state index in [1.807, 2.05) is 78.6 Å².